The highest BCUT2D eigenvalue weighted by Gasteiger charge is 2.27. The Labute approximate surface area is 182 Å². The fourth-order valence-corrected chi connectivity index (χ4v) is 3.50. The van der Waals surface area contributed by atoms with Gasteiger partial charge in [0.2, 0.25) is 5.78 Å². The zero-order valence-corrected chi connectivity index (χ0v) is 17.0. The van der Waals surface area contributed by atoms with Crippen molar-refractivity contribution < 1.29 is 14.3 Å². The second kappa shape index (κ2) is 8.65. The van der Waals surface area contributed by atoms with Crippen LogP contribution >= 0.6 is 23.2 Å². The quantitative estimate of drug-likeness (QED) is 0.317. The Kier molecular flexibility index (Phi) is 5.79. The molecule has 150 valence electrons. The molecule has 1 atom stereocenters. The fraction of sp³-hybridized carbons (Fsp3) is 0.0909. The summed E-state index contributed by atoms with van der Waals surface area (Å²) in [6.45, 7) is 0.00515. The first kappa shape index (κ1) is 20.1. The molecule has 0 spiro atoms. The molecule has 3 aromatic carbocycles. The number of esters is 1. The van der Waals surface area contributed by atoms with E-state index in [0.29, 0.717) is 16.1 Å². The van der Waals surface area contributed by atoms with Crippen LogP contribution in [0.5, 0.6) is 0 Å². The molecule has 1 aromatic heterocycles. The van der Waals surface area contributed by atoms with Crippen molar-refractivity contribution in [1.29, 1.82) is 0 Å². The molecular formula is C22H15Cl2N3O3. The molecule has 0 saturated carbocycles. The molecule has 0 aliphatic carbocycles. The van der Waals surface area contributed by atoms with Crippen LogP contribution in [0.1, 0.15) is 20.7 Å². The molecule has 4 rings (SSSR count). The summed E-state index contributed by atoms with van der Waals surface area (Å²) in [5.41, 5.74) is 1.94. The number of fused-ring (bicyclic) bond motifs is 1. The van der Waals surface area contributed by atoms with Gasteiger partial charge in [0.15, 0.2) is 6.10 Å². The van der Waals surface area contributed by atoms with E-state index < -0.39 is 12.1 Å². The largest absolute Gasteiger partial charge is 0.448 e. The van der Waals surface area contributed by atoms with E-state index in [0.717, 1.165) is 5.52 Å². The van der Waals surface area contributed by atoms with E-state index in [2.05, 4.69) is 10.3 Å². The molecule has 1 heterocycles. The zero-order valence-electron chi connectivity index (χ0n) is 15.5. The molecule has 4 aromatic rings. The maximum atomic E-state index is 13.1. The van der Waals surface area contributed by atoms with Gasteiger partial charge in [-0.3, -0.25) is 4.79 Å². The van der Waals surface area contributed by atoms with Crippen LogP contribution in [0, 0.1) is 0 Å². The van der Waals surface area contributed by atoms with Crippen molar-refractivity contribution >= 4 is 46.0 Å². The summed E-state index contributed by atoms with van der Waals surface area (Å²) in [5, 5.41) is 8.72. The van der Waals surface area contributed by atoms with Crippen molar-refractivity contribution in [3.63, 3.8) is 0 Å². The second-order valence-electron chi connectivity index (χ2n) is 6.51. The Morgan fingerprint density at radius 1 is 0.967 bits per heavy atom. The molecule has 0 bridgehead atoms. The molecule has 0 radical (unpaired) electrons. The number of benzene rings is 3. The van der Waals surface area contributed by atoms with Gasteiger partial charge in [-0.2, -0.15) is 0 Å². The molecule has 0 N–H and O–H groups in total. The van der Waals surface area contributed by atoms with Gasteiger partial charge in [-0.1, -0.05) is 70.9 Å². The number of para-hydroxylation sites is 1. The first-order chi connectivity index (χ1) is 14.5. The smallest absolute Gasteiger partial charge is 0.340 e. The van der Waals surface area contributed by atoms with Gasteiger partial charge >= 0.3 is 5.97 Å². The van der Waals surface area contributed by atoms with Crippen LogP contribution in [0.4, 0.5) is 0 Å². The lowest BCUT2D eigenvalue weighted by molar-refractivity contribution is 0.0245. The number of halogens is 2. The first-order valence-electron chi connectivity index (χ1n) is 9.06. The predicted octanol–water partition coefficient (Wildman–Crippen LogP) is 4.85. The van der Waals surface area contributed by atoms with E-state index in [9.17, 15) is 9.59 Å². The number of nitrogens with zero attached hydrogens (tertiary/aromatic N) is 3. The van der Waals surface area contributed by atoms with Crippen molar-refractivity contribution in [2.45, 2.75) is 12.6 Å². The minimum absolute atomic E-state index is 0.00515. The van der Waals surface area contributed by atoms with Gasteiger partial charge in [-0.05, 0) is 30.3 Å². The second-order valence-corrected chi connectivity index (χ2v) is 7.35. The number of Topliss-reactive ketones (excluding diaryl/α,β-unsaturated/α-hetero) is 1. The minimum atomic E-state index is -1.13. The summed E-state index contributed by atoms with van der Waals surface area (Å²) in [4.78, 5) is 25.9. The lowest BCUT2D eigenvalue weighted by atomic mass is 10.1. The summed E-state index contributed by atoms with van der Waals surface area (Å²) in [6.07, 6.45) is -1.13. The third kappa shape index (κ3) is 4.20. The molecule has 0 aliphatic heterocycles. The number of ketones is 1. The fourth-order valence-electron chi connectivity index (χ4n) is 3.02. The van der Waals surface area contributed by atoms with E-state index in [-0.39, 0.29) is 22.9 Å². The van der Waals surface area contributed by atoms with Gasteiger partial charge < -0.3 is 4.74 Å². The van der Waals surface area contributed by atoms with Crippen molar-refractivity contribution in [1.82, 2.24) is 15.0 Å². The van der Waals surface area contributed by atoms with Gasteiger partial charge in [0, 0.05) is 10.6 Å². The van der Waals surface area contributed by atoms with Crippen molar-refractivity contribution in [2.75, 3.05) is 0 Å². The van der Waals surface area contributed by atoms with Crippen LogP contribution in [0.2, 0.25) is 10.0 Å². The number of aromatic nitrogens is 3. The van der Waals surface area contributed by atoms with Gasteiger partial charge in [0.25, 0.3) is 0 Å². The number of ether oxygens (including phenoxy) is 1. The van der Waals surface area contributed by atoms with Crippen LogP contribution < -0.4 is 0 Å². The van der Waals surface area contributed by atoms with E-state index in [1.807, 2.05) is 24.3 Å². The average molecular weight is 440 g/mol. The summed E-state index contributed by atoms with van der Waals surface area (Å²) in [7, 11) is 0. The lowest BCUT2D eigenvalue weighted by Gasteiger charge is -2.18. The zero-order chi connectivity index (χ0) is 21.1. The third-order valence-corrected chi connectivity index (χ3v) is 5.06. The van der Waals surface area contributed by atoms with Crippen molar-refractivity contribution in [2.24, 2.45) is 0 Å². The summed E-state index contributed by atoms with van der Waals surface area (Å²) >= 11 is 12.0. The highest BCUT2D eigenvalue weighted by Crippen LogP contribution is 2.23. The van der Waals surface area contributed by atoms with Crippen LogP contribution in [0.3, 0.4) is 0 Å². The van der Waals surface area contributed by atoms with Crippen LogP contribution in [-0.4, -0.2) is 32.9 Å². The van der Waals surface area contributed by atoms with E-state index >= 15 is 0 Å². The molecular weight excluding hydrogens is 425 g/mol. The topological polar surface area (TPSA) is 74.1 Å². The maximum Gasteiger partial charge on any atom is 0.340 e. The van der Waals surface area contributed by atoms with Crippen LogP contribution in [0.15, 0.2) is 72.8 Å². The van der Waals surface area contributed by atoms with Gasteiger partial charge in [0.05, 0.1) is 22.6 Å². The van der Waals surface area contributed by atoms with Gasteiger partial charge in [-0.15, -0.1) is 5.10 Å². The predicted molar refractivity (Wildman–Crippen MR) is 114 cm³/mol. The third-order valence-electron chi connectivity index (χ3n) is 4.51. The number of carbonyl (C=O) groups is 2. The van der Waals surface area contributed by atoms with Gasteiger partial charge in [-0.25, -0.2) is 9.48 Å². The van der Waals surface area contributed by atoms with Crippen molar-refractivity contribution in [3.05, 3.63) is 94.0 Å². The Morgan fingerprint density at radius 2 is 1.70 bits per heavy atom. The maximum absolute atomic E-state index is 13.1. The minimum Gasteiger partial charge on any atom is -0.448 e. The summed E-state index contributed by atoms with van der Waals surface area (Å²) in [6, 6.07) is 20.4. The highest BCUT2D eigenvalue weighted by atomic mass is 35.5. The Balaban J connectivity index is 1.66. The SMILES string of the molecule is O=C(O[C@H](Cn1nnc2ccccc21)C(=O)c1ccccc1)c1ccc(Cl)cc1Cl. The summed E-state index contributed by atoms with van der Waals surface area (Å²) in [5.74, 6) is -1.08. The van der Waals surface area contributed by atoms with E-state index in [1.165, 1.54) is 22.9 Å². The van der Waals surface area contributed by atoms with E-state index in [4.69, 9.17) is 27.9 Å². The van der Waals surface area contributed by atoms with Crippen LogP contribution in [-0.2, 0) is 11.3 Å². The van der Waals surface area contributed by atoms with Gasteiger partial charge in [0.1, 0.15) is 5.52 Å². The van der Waals surface area contributed by atoms with E-state index in [1.54, 1.807) is 30.3 Å². The number of rotatable bonds is 6. The Bertz CT molecular complexity index is 1220. The molecule has 0 unspecified atom stereocenters. The molecule has 8 heteroatoms. The Hall–Kier alpha value is -3.22. The highest BCUT2D eigenvalue weighted by molar-refractivity contribution is 6.36. The molecule has 6 nitrogen and oxygen atoms in total. The number of hydrogen-bond acceptors (Lipinski definition) is 5. The molecule has 0 amide bonds. The standard InChI is InChI=1S/C22H15Cl2N3O3/c23-15-10-11-16(17(24)12-15)22(29)30-20(21(28)14-6-2-1-3-7-14)13-27-19-9-5-4-8-18(19)25-26-27/h1-12,20H,13H2/t20-/m1/s1. The number of hydrogen-bond donors (Lipinski definition) is 0. The normalized spacial score (nSPS) is 11.9. The lowest BCUT2D eigenvalue weighted by Crippen LogP contribution is -2.32. The molecule has 30 heavy (non-hydrogen) atoms. The first-order valence-corrected chi connectivity index (χ1v) is 9.82. The summed E-state index contributed by atoms with van der Waals surface area (Å²) < 4.78 is 7.13. The molecule has 0 saturated heterocycles. The average Bonchev–Trinajstić information content (AvgIpc) is 3.16. The van der Waals surface area contributed by atoms with Crippen molar-refractivity contribution in [3.8, 4) is 0 Å². The Morgan fingerprint density at radius 3 is 2.47 bits per heavy atom. The molecule has 0 aliphatic rings. The number of carbonyl (C=O) groups excluding carboxylic acids is 2. The molecule has 0 fully saturated rings. The van der Waals surface area contributed by atoms with Crippen LogP contribution in [0.25, 0.3) is 11.0 Å². The monoisotopic (exact) mass is 439 g/mol.